The number of ketones is 1. The molecule has 9 heteroatoms. The SMILES string of the molecule is COC(=O)CCCCCCC(=O)c1[nH]c(-c2ccccc2)cc1-c1ccc(OCc2ccccc2)cc1.O=C(O)c1[nH]c(-c2ccccc2)cc1-c1ccc(OCc2ccccc2)cc1. The van der Waals surface area contributed by atoms with Gasteiger partial charge in [0.25, 0.3) is 0 Å². The van der Waals surface area contributed by atoms with E-state index in [4.69, 9.17) is 9.47 Å². The number of aromatic carboxylic acids is 1. The van der Waals surface area contributed by atoms with Crippen LogP contribution >= 0.6 is 0 Å². The van der Waals surface area contributed by atoms with Gasteiger partial charge < -0.3 is 29.3 Å². The van der Waals surface area contributed by atoms with E-state index in [1.807, 2.05) is 176 Å². The van der Waals surface area contributed by atoms with E-state index in [2.05, 4.69) is 20.8 Å². The predicted octanol–water partition coefficient (Wildman–Crippen LogP) is 13.2. The minimum atomic E-state index is -0.985. The van der Waals surface area contributed by atoms with E-state index < -0.39 is 5.97 Å². The van der Waals surface area contributed by atoms with E-state index >= 15 is 0 Å². The lowest BCUT2D eigenvalue weighted by atomic mass is 10.0. The van der Waals surface area contributed by atoms with Crippen LogP contribution < -0.4 is 9.47 Å². The molecule has 0 saturated heterocycles. The van der Waals surface area contributed by atoms with Crippen molar-refractivity contribution in [1.29, 1.82) is 0 Å². The van der Waals surface area contributed by atoms with Gasteiger partial charge in [-0.2, -0.15) is 0 Å². The molecule has 3 N–H and O–H groups in total. The summed E-state index contributed by atoms with van der Waals surface area (Å²) in [6.07, 6.45) is 4.25. The van der Waals surface area contributed by atoms with Crippen LogP contribution in [0, 0.1) is 0 Å². The molecule has 328 valence electrons. The number of aromatic amines is 2. The first kappa shape index (κ1) is 45.1. The fraction of sp³-hybridized carbons (Fsp3) is 0.161. The molecule has 0 unspecified atom stereocenters. The number of aromatic nitrogens is 2. The summed E-state index contributed by atoms with van der Waals surface area (Å²) in [6, 6.07) is 59.0. The van der Waals surface area contributed by atoms with Crippen LogP contribution in [-0.4, -0.2) is 39.9 Å². The van der Waals surface area contributed by atoms with Gasteiger partial charge in [0.1, 0.15) is 30.4 Å². The molecule has 0 spiro atoms. The number of nitrogens with one attached hydrogen (secondary N) is 2. The van der Waals surface area contributed by atoms with E-state index in [0.717, 1.165) is 87.5 Å². The largest absolute Gasteiger partial charge is 0.489 e. The lowest BCUT2D eigenvalue weighted by molar-refractivity contribution is -0.140. The number of hydrogen-bond donors (Lipinski definition) is 3. The monoisotopic (exact) mass is 864 g/mol. The molecule has 65 heavy (non-hydrogen) atoms. The first-order chi connectivity index (χ1) is 31.8. The van der Waals surface area contributed by atoms with E-state index in [0.29, 0.717) is 37.3 Å². The second-order valence-corrected chi connectivity index (χ2v) is 15.5. The maximum absolute atomic E-state index is 13.3. The van der Waals surface area contributed by atoms with Gasteiger partial charge in [-0.25, -0.2) is 4.79 Å². The molecule has 2 heterocycles. The Labute approximate surface area is 379 Å². The number of ether oxygens (including phenoxy) is 3. The third-order valence-electron chi connectivity index (χ3n) is 10.9. The Balaban J connectivity index is 0.000000201. The molecule has 0 fully saturated rings. The molecule has 0 aliphatic rings. The summed E-state index contributed by atoms with van der Waals surface area (Å²) in [5.74, 6) is 0.447. The number of carboxylic acid groups (broad SMARTS) is 1. The summed E-state index contributed by atoms with van der Waals surface area (Å²) in [5, 5.41) is 9.60. The van der Waals surface area contributed by atoms with Gasteiger partial charge in [0.15, 0.2) is 5.78 Å². The fourth-order valence-corrected chi connectivity index (χ4v) is 7.38. The quantitative estimate of drug-likeness (QED) is 0.0419. The van der Waals surface area contributed by atoms with Crippen molar-refractivity contribution in [3.8, 4) is 56.3 Å². The Morgan fingerprint density at radius 2 is 0.862 bits per heavy atom. The average Bonchev–Trinajstić information content (AvgIpc) is 4.02. The van der Waals surface area contributed by atoms with Crippen molar-refractivity contribution in [2.24, 2.45) is 0 Å². The van der Waals surface area contributed by atoms with Crippen molar-refractivity contribution in [2.75, 3.05) is 7.11 Å². The Bertz CT molecular complexity index is 2730. The van der Waals surface area contributed by atoms with E-state index in [9.17, 15) is 19.5 Å². The number of carboxylic acids is 1. The number of methoxy groups -OCH3 is 1. The van der Waals surface area contributed by atoms with Crippen LogP contribution in [0.25, 0.3) is 44.8 Å². The Hall–Kier alpha value is -7.91. The number of hydrogen-bond acceptors (Lipinski definition) is 6. The summed E-state index contributed by atoms with van der Waals surface area (Å²) in [7, 11) is 1.41. The van der Waals surface area contributed by atoms with Crippen LogP contribution in [0.2, 0.25) is 0 Å². The number of H-pyrrole nitrogens is 2. The number of carbonyl (C=O) groups excluding carboxylic acids is 2. The van der Waals surface area contributed by atoms with Crippen molar-refractivity contribution < 1.29 is 33.7 Å². The minimum Gasteiger partial charge on any atom is -0.489 e. The topological polar surface area (TPSA) is 131 Å². The molecule has 9 nitrogen and oxygen atoms in total. The van der Waals surface area contributed by atoms with Gasteiger partial charge in [0.2, 0.25) is 0 Å². The lowest BCUT2D eigenvalue weighted by Crippen LogP contribution is -2.02. The summed E-state index contributed by atoms with van der Waals surface area (Å²) in [5.41, 5.74) is 10.0. The van der Waals surface area contributed by atoms with E-state index in [1.165, 1.54) is 7.11 Å². The minimum absolute atomic E-state index is 0.0922. The van der Waals surface area contributed by atoms with Gasteiger partial charge in [-0.15, -0.1) is 0 Å². The van der Waals surface area contributed by atoms with Crippen LogP contribution in [-0.2, 0) is 22.7 Å². The molecule has 8 aromatic rings. The van der Waals surface area contributed by atoms with Gasteiger partial charge in [0.05, 0.1) is 12.8 Å². The molecular weight excluding hydrogens is 813 g/mol. The summed E-state index contributed by atoms with van der Waals surface area (Å²) >= 11 is 0. The van der Waals surface area contributed by atoms with E-state index in [-0.39, 0.29) is 17.4 Å². The van der Waals surface area contributed by atoms with Gasteiger partial charge in [-0.1, -0.05) is 158 Å². The number of rotatable bonds is 19. The summed E-state index contributed by atoms with van der Waals surface area (Å²) in [4.78, 5) is 42.7. The third-order valence-corrected chi connectivity index (χ3v) is 10.9. The van der Waals surface area contributed by atoms with Crippen LogP contribution in [0.15, 0.2) is 182 Å². The predicted molar refractivity (Wildman–Crippen MR) is 256 cm³/mol. The van der Waals surface area contributed by atoms with Crippen molar-refractivity contribution in [2.45, 2.75) is 51.7 Å². The maximum atomic E-state index is 13.3. The highest BCUT2D eigenvalue weighted by Gasteiger charge is 2.19. The van der Waals surface area contributed by atoms with Crippen molar-refractivity contribution in [3.05, 3.63) is 205 Å². The van der Waals surface area contributed by atoms with Crippen LogP contribution in [0.5, 0.6) is 11.5 Å². The fourth-order valence-electron chi connectivity index (χ4n) is 7.38. The van der Waals surface area contributed by atoms with Gasteiger partial charge in [-0.05, 0) is 82.6 Å². The number of carbonyl (C=O) groups is 3. The van der Waals surface area contributed by atoms with E-state index in [1.54, 1.807) is 0 Å². The second kappa shape index (κ2) is 23.0. The average molecular weight is 865 g/mol. The standard InChI is InChI=1S/C32H33NO4.C24H19NO3/c1-36-31(35)17-11-3-2-10-16-30(34)32-28(22-29(33-32)26-14-8-5-9-15-26)25-18-20-27(21-19-25)37-23-24-12-6-4-7-13-24;26-24(27)23-21(15-22(25-23)19-9-5-2-6-10-19)18-11-13-20(14-12-18)28-16-17-7-3-1-4-8-17/h4-9,12-15,18-22,33H,2-3,10-11,16-17,23H2,1H3;1-15,25H,16H2,(H,26,27). The Kier molecular flexibility index (Phi) is 15.9. The highest BCUT2D eigenvalue weighted by molar-refractivity contribution is 6.02. The van der Waals surface area contributed by atoms with Gasteiger partial charge in [-0.3, -0.25) is 9.59 Å². The molecule has 0 aliphatic carbocycles. The van der Waals surface area contributed by atoms with Gasteiger partial charge >= 0.3 is 11.9 Å². The molecule has 0 aliphatic heterocycles. The first-order valence-corrected chi connectivity index (χ1v) is 21.8. The number of benzene rings is 6. The molecule has 8 rings (SSSR count). The van der Waals surface area contributed by atoms with Crippen molar-refractivity contribution in [3.63, 3.8) is 0 Å². The number of esters is 1. The number of Topliss-reactive ketones (excluding diaryl/α,β-unsaturated/α-hetero) is 1. The molecule has 6 aromatic carbocycles. The van der Waals surface area contributed by atoms with Crippen LogP contribution in [0.1, 0.15) is 70.6 Å². The third kappa shape index (κ3) is 12.8. The van der Waals surface area contributed by atoms with Crippen molar-refractivity contribution >= 4 is 17.7 Å². The summed E-state index contributed by atoms with van der Waals surface area (Å²) in [6.45, 7) is 0.995. The Morgan fingerprint density at radius 3 is 1.29 bits per heavy atom. The van der Waals surface area contributed by atoms with Gasteiger partial charge in [0, 0.05) is 35.4 Å². The zero-order valence-corrected chi connectivity index (χ0v) is 36.4. The Morgan fingerprint density at radius 1 is 0.462 bits per heavy atom. The smallest absolute Gasteiger partial charge is 0.352 e. The molecule has 2 aromatic heterocycles. The molecule has 0 radical (unpaired) electrons. The highest BCUT2D eigenvalue weighted by Crippen LogP contribution is 2.33. The van der Waals surface area contributed by atoms with Crippen molar-refractivity contribution in [1.82, 2.24) is 9.97 Å². The zero-order chi connectivity index (χ0) is 45.2. The first-order valence-electron chi connectivity index (χ1n) is 21.8. The molecule has 0 bridgehead atoms. The molecule has 0 amide bonds. The number of unbranched alkanes of at least 4 members (excludes halogenated alkanes) is 3. The second-order valence-electron chi connectivity index (χ2n) is 15.5. The normalized spacial score (nSPS) is 10.7. The molecular formula is C56H52N2O7. The molecule has 0 atom stereocenters. The summed E-state index contributed by atoms with van der Waals surface area (Å²) < 4.78 is 16.4. The van der Waals surface area contributed by atoms with Crippen LogP contribution in [0.4, 0.5) is 0 Å². The maximum Gasteiger partial charge on any atom is 0.352 e. The lowest BCUT2D eigenvalue weighted by Gasteiger charge is -2.08. The van der Waals surface area contributed by atoms with Crippen LogP contribution in [0.3, 0.4) is 0 Å². The highest BCUT2D eigenvalue weighted by atomic mass is 16.5. The molecule has 0 saturated carbocycles. The zero-order valence-electron chi connectivity index (χ0n) is 36.4.